The quantitative estimate of drug-likeness (QED) is 0.908. The van der Waals surface area contributed by atoms with E-state index in [0.29, 0.717) is 18.1 Å². The molecule has 4 rings (SSSR count). The van der Waals surface area contributed by atoms with E-state index in [-0.39, 0.29) is 5.91 Å². The van der Waals surface area contributed by atoms with Crippen molar-refractivity contribution in [3.05, 3.63) is 22.4 Å². The number of hydrogen-bond acceptors (Lipinski definition) is 2. The summed E-state index contributed by atoms with van der Waals surface area (Å²) in [6, 6.07) is 3.39. The summed E-state index contributed by atoms with van der Waals surface area (Å²) in [5.41, 5.74) is 0.818. The molecule has 2 atom stereocenters. The Bertz CT molecular complexity index is 552. The molecule has 0 spiro atoms. The fraction of sp³-hybridized carbons (Fsp3) is 0.688. The van der Waals surface area contributed by atoms with Gasteiger partial charge in [0.05, 0.1) is 0 Å². The minimum atomic E-state index is 0.102. The summed E-state index contributed by atoms with van der Waals surface area (Å²) < 4.78 is 3.15. The van der Waals surface area contributed by atoms with Crippen molar-refractivity contribution in [3.8, 4) is 0 Å². The van der Waals surface area contributed by atoms with Crippen molar-refractivity contribution in [2.45, 2.75) is 56.7 Å². The van der Waals surface area contributed by atoms with Crippen LogP contribution in [0.3, 0.4) is 0 Å². The minimum Gasteiger partial charge on any atom is -0.346 e. The smallest absolute Gasteiger partial charge is 0.268 e. The average Bonchev–Trinajstić information content (AvgIpc) is 3.15. The van der Waals surface area contributed by atoms with Gasteiger partial charge >= 0.3 is 0 Å². The molecule has 3 aliphatic rings. The van der Waals surface area contributed by atoms with E-state index >= 15 is 0 Å². The molecule has 5 heteroatoms. The lowest BCUT2D eigenvalue weighted by Crippen LogP contribution is -2.47. The second-order valence-corrected chi connectivity index (χ2v) is 7.57. The zero-order valence-corrected chi connectivity index (χ0v) is 13.8. The summed E-state index contributed by atoms with van der Waals surface area (Å²) >= 11 is 3.51. The van der Waals surface area contributed by atoms with Crippen LogP contribution in [0.4, 0.5) is 0 Å². The Labute approximate surface area is 134 Å². The summed E-state index contributed by atoms with van der Waals surface area (Å²) in [4.78, 5) is 15.2. The average molecular weight is 352 g/mol. The highest BCUT2D eigenvalue weighted by atomic mass is 79.9. The van der Waals surface area contributed by atoms with Crippen LogP contribution in [0.15, 0.2) is 16.7 Å². The van der Waals surface area contributed by atoms with Gasteiger partial charge < -0.3 is 9.88 Å². The Morgan fingerprint density at radius 2 is 2.05 bits per heavy atom. The van der Waals surface area contributed by atoms with Crippen molar-refractivity contribution in [1.29, 1.82) is 0 Å². The molecule has 4 nitrogen and oxygen atoms in total. The molecular weight excluding hydrogens is 330 g/mol. The fourth-order valence-corrected chi connectivity index (χ4v) is 4.38. The number of nitrogens with zero attached hydrogens (tertiary/aromatic N) is 2. The van der Waals surface area contributed by atoms with Crippen LogP contribution in [0.5, 0.6) is 0 Å². The van der Waals surface area contributed by atoms with E-state index in [0.717, 1.165) is 23.1 Å². The number of aromatic nitrogens is 1. The lowest BCUT2D eigenvalue weighted by molar-refractivity contribution is 0.0906. The zero-order chi connectivity index (χ0) is 14.4. The van der Waals surface area contributed by atoms with Gasteiger partial charge in [-0.3, -0.25) is 9.69 Å². The van der Waals surface area contributed by atoms with E-state index in [2.05, 4.69) is 30.7 Å². The number of carbonyl (C=O) groups excluding carboxylic acids is 1. The Morgan fingerprint density at radius 1 is 1.19 bits per heavy atom. The second-order valence-electron chi connectivity index (χ2n) is 6.65. The molecule has 1 aliphatic carbocycles. The second kappa shape index (κ2) is 5.43. The van der Waals surface area contributed by atoms with Gasteiger partial charge in [0.15, 0.2) is 0 Å². The van der Waals surface area contributed by atoms with Gasteiger partial charge in [-0.2, -0.15) is 0 Å². The number of piperidine rings is 1. The first-order valence-electron chi connectivity index (χ1n) is 8.14. The van der Waals surface area contributed by atoms with E-state index in [4.69, 9.17) is 0 Å². The first-order valence-corrected chi connectivity index (χ1v) is 8.94. The normalized spacial score (nSPS) is 29.4. The molecule has 0 radical (unpaired) electrons. The number of hydrogen-bond donors (Lipinski definition) is 1. The van der Waals surface area contributed by atoms with Gasteiger partial charge in [0, 0.05) is 35.3 Å². The number of rotatable bonds is 3. The molecule has 2 aliphatic heterocycles. The van der Waals surface area contributed by atoms with E-state index in [1.807, 2.05) is 12.3 Å². The SMILES string of the molecule is O=C(NC1CCN2CCCCC12)c1cc(Br)cn1C1CC1. The van der Waals surface area contributed by atoms with Crippen molar-refractivity contribution >= 4 is 21.8 Å². The predicted molar refractivity (Wildman–Crippen MR) is 85.5 cm³/mol. The van der Waals surface area contributed by atoms with Crippen LogP contribution in [0.2, 0.25) is 0 Å². The maximum atomic E-state index is 12.7. The minimum absolute atomic E-state index is 0.102. The van der Waals surface area contributed by atoms with E-state index < -0.39 is 0 Å². The van der Waals surface area contributed by atoms with E-state index in [9.17, 15) is 4.79 Å². The van der Waals surface area contributed by atoms with Crippen LogP contribution in [0, 0.1) is 0 Å². The highest BCUT2D eigenvalue weighted by molar-refractivity contribution is 9.10. The topological polar surface area (TPSA) is 37.3 Å². The van der Waals surface area contributed by atoms with Crippen LogP contribution >= 0.6 is 15.9 Å². The van der Waals surface area contributed by atoms with Crippen LogP contribution < -0.4 is 5.32 Å². The van der Waals surface area contributed by atoms with Gasteiger partial charge in [-0.05, 0) is 60.6 Å². The molecular formula is C16H22BrN3O. The third kappa shape index (κ3) is 2.66. The third-order valence-electron chi connectivity index (χ3n) is 5.16. The van der Waals surface area contributed by atoms with Crippen molar-refractivity contribution in [1.82, 2.24) is 14.8 Å². The highest BCUT2D eigenvalue weighted by Crippen LogP contribution is 2.37. The van der Waals surface area contributed by atoms with Gasteiger partial charge in [-0.15, -0.1) is 0 Å². The number of carbonyl (C=O) groups is 1. The Hall–Kier alpha value is -0.810. The van der Waals surface area contributed by atoms with Gasteiger partial charge in [-0.1, -0.05) is 6.42 Å². The number of amides is 1. The van der Waals surface area contributed by atoms with Crippen molar-refractivity contribution in [2.24, 2.45) is 0 Å². The van der Waals surface area contributed by atoms with Crippen LogP contribution in [-0.4, -0.2) is 40.5 Å². The predicted octanol–water partition coefficient (Wildman–Crippen LogP) is 2.94. The third-order valence-corrected chi connectivity index (χ3v) is 5.59. The van der Waals surface area contributed by atoms with Crippen molar-refractivity contribution < 1.29 is 4.79 Å². The lowest BCUT2D eigenvalue weighted by atomic mass is 9.99. The van der Waals surface area contributed by atoms with Crippen molar-refractivity contribution in [2.75, 3.05) is 13.1 Å². The molecule has 1 saturated carbocycles. The van der Waals surface area contributed by atoms with Gasteiger partial charge in [-0.25, -0.2) is 0 Å². The standard InChI is InChI=1S/C16H22BrN3O/c17-11-9-15(20(10-11)12-4-5-12)16(21)18-13-6-8-19-7-2-1-3-14(13)19/h9-10,12-14H,1-8H2,(H,18,21). The molecule has 1 amide bonds. The van der Waals surface area contributed by atoms with Gasteiger partial charge in [0.25, 0.3) is 5.91 Å². The summed E-state index contributed by atoms with van der Waals surface area (Å²) in [5.74, 6) is 0.102. The van der Waals surface area contributed by atoms with Gasteiger partial charge in [0.2, 0.25) is 0 Å². The number of fused-ring (bicyclic) bond motifs is 1. The summed E-state index contributed by atoms with van der Waals surface area (Å²) in [7, 11) is 0. The summed E-state index contributed by atoms with van der Waals surface area (Å²) in [6.45, 7) is 2.35. The molecule has 1 aromatic heterocycles. The zero-order valence-electron chi connectivity index (χ0n) is 12.2. The highest BCUT2D eigenvalue weighted by Gasteiger charge is 2.37. The Balaban J connectivity index is 1.48. The molecule has 2 unspecified atom stereocenters. The summed E-state index contributed by atoms with van der Waals surface area (Å²) in [6.07, 6.45) is 9.39. The largest absolute Gasteiger partial charge is 0.346 e. The maximum Gasteiger partial charge on any atom is 0.268 e. The van der Waals surface area contributed by atoms with E-state index in [1.165, 1.54) is 38.6 Å². The molecule has 2 saturated heterocycles. The first kappa shape index (κ1) is 13.8. The monoisotopic (exact) mass is 351 g/mol. The lowest BCUT2D eigenvalue weighted by Gasteiger charge is -2.32. The van der Waals surface area contributed by atoms with Crippen LogP contribution in [-0.2, 0) is 0 Å². The van der Waals surface area contributed by atoms with Crippen molar-refractivity contribution in [3.63, 3.8) is 0 Å². The number of nitrogens with one attached hydrogen (secondary N) is 1. The van der Waals surface area contributed by atoms with Crippen LogP contribution in [0.25, 0.3) is 0 Å². The molecule has 3 heterocycles. The molecule has 114 valence electrons. The molecule has 21 heavy (non-hydrogen) atoms. The maximum absolute atomic E-state index is 12.7. The molecule has 1 aromatic rings. The summed E-state index contributed by atoms with van der Waals surface area (Å²) in [5, 5.41) is 3.31. The first-order chi connectivity index (χ1) is 10.2. The molecule has 0 bridgehead atoms. The van der Waals surface area contributed by atoms with E-state index in [1.54, 1.807) is 0 Å². The molecule has 1 N–H and O–H groups in total. The Kier molecular flexibility index (Phi) is 3.58. The molecule has 3 fully saturated rings. The fourth-order valence-electron chi connectivity index (χ4n) is 3.94. The van der Waals surface area contributed by atoms with Crippen LogP contribution in [0.1, 0.15) is 55.1 Å². The number of halogens is 1. The molecule has 0 aromatic carbocycles. The Morgan fingerprint density at radius 3 is 2.86 bits per heavy atom. The van der Waals surface area contributed by atoms with Gasteiger partial charge in [0.1, 0.15) is 5.69 Å².